The average molecular weight is 539 g/mol. The Labute approximate surface area is 231 Å². The molecule has 3 N–H and O–H groups in total. The van der Waals surface area contributed by atoms with Crippen LogP contribution >= 0.6 is 0 Å². The van der Waals surface area contributed by atoms with Crippen molar-refractivity contribution in [1.29, 1.82) is 0 Å². The minimum Gasteiger partial charge on any atom is -0.497 e. The number of nitrogens with one attached hydrogen (secondary N) is 1. The third-order valence-electron chi connectivity index (χ3n) is 6.54. The second-order valence-electron chi connectivity index (χ2n) is 10.2. The zero-order valence-electron chi connectivity index (χ0n) is 24.1. The van der Waals surface area contributed by atoms with Gasteiger partial charge in [0.2, 0.25) is 17.7 Å². The van der Waals surface area contributed by atoms with Gasteiger partial charge in [-0.15, -0.1) is 0 Å². The Kier molecular flexibility index (Phi) is 11.5. The highest BCUT2D eigenvalue weighted by Crippen LogP contribution is 2.19. The number of ether oxygens (including phenoxy) is 2. The molecule has 0 saturated carbocycles. The van der Waals surface area contributed by atoms with Crippen molar-refractivity contribution in [2.24, 2.45) is 5.73 Å². The minimum absolute atomic E-state index is 0.259. The summed E-state index contributed by atoms with van der Waals surface area (Å²) >= 11 is 0. The SMILES string of the molecule is CNC(=O)C(Cc1ccc(OC)cc1)N(C)C(=O)C(Cc1ccc(OC)cc1)N(C)C(=O)/C=C/CC(C)(C)N. The lowest BCUT2D eigenvalue weighted by molar-refractivity contribution is -0.146. The number of methoxy groups -OCH3 is 2. The number of nitrogens with zero attached hydrogens (tertiary/aromatic N) is 2. The Morgan fingerprint density at radius 2 is 1.33 bits per heavy atom. The number of nitrogens with two attached hydrogens (primary N) is 1. The molecule has 3 amide bonds. The molecule has 212 valence electrons. The Balaban J connectivity index is 2.37. The standard InChI is InChI=1S/C30H42N4O5/c1-30(2,31)18-8-9-27(35)33(4)26(20-22-12-16-24(39-7)17-13-22)29(37)34(5)25(28(36)32-3)19-21-10-14-23(38-6)15-11-21/h8-17,25-26H,18-20,31H2,1-7H3,(H,32,36)/b9-8+. The fourth-order valence-corrected chi connectivity index (χ4v) is 4.06. The maximum Gasteiger partial charge on any atom is 0.246 e. The Morgan fingerprint density at radius 1 is 0.872 bits per heavy atom. The van der Waals surface area contributed by atoms with Crippen molar-refractivity contribution in [1.82, 2.24) is 15.1 Å². The van der Waals surface area contributed by atoms with E-state index in [-0.39, 0.29) is 24.1 Å². The summed E-state index contributed by atoms with van der Waals surface area (Å²) in [6.07, 6.45) is 4.22. The lowest BCUT2D eigenvalue weighted by Gasteiger charge is -2.34. The molecule has 2 unspecified atom stereocenters. The molecule has 2 aromatic carbocycles. The Hall–Kier alpha value is -3.85. The van der Waals surface area contributed by atoms with Gasteiger partial charge < -0.3 is 30.3 Å². The van der Waals surface area contributed by atoms with Gasteiger partial charge in [0.05, 0.1) is 14.2 Å². The molecule has 0 radical (unpaired) electrons. The third-order valence-corrected chi connectivity index (χ3v) is 6.54. The van der Waals surface area contributed by atoms with Gasteiger partial charge in [0.25, 0.3) is 0 Å². The fraction of sp³-hybridized carbons (Fsp3) is 0.433. The van der Waals surface area contributed by atoms with Crippen LogP contribution in [0.3, 0.4) is 0 Å². The molecule has 0 aliphatic heterocycles. The van der Waals surface area contributed by atoms with Gasteiger partial charge >= 0.3 is 0 Å². The average Bonchev–Trinajstić information content (AvgIpc) is 2.93. The van der Waals surface area contributed by atoms with Crippen LogP contribution in [-0.2, 0) is 27.2 Å². The number of carbonyl (C=O) groups is 3. The first-order chi connectivity index (χ1) is 18.4. The minimum atomic E-state index is -0.852. The zero-order valence-corrected chi connectivity index (χ0v) is 24.1. The van der Waals surface area contributed by atoms with Crippen LogP contribution in [0.25, 0.3) is 0 Å². The first-order valence-corrected chi connectivity index (χ1v) is 12.9. The molecule has 0 bridgehead atoms. The number of likely N-dealkylation sites (N-methyl/N-ethyl adjacent to an activating group) is 3. The van der Waals surface area contributed by atoms with Crippen LogP contribution < -0.4 is 20.5 Å². The van der Waals surface area contributed by atoms with Gasteiger partial charge in [-0.2, -0.15) is 0 Å². The molecule has 0 aliphatic rings. The van der Waals surface area contributed by atoms with E-state index in [0.717, 1.165) is 11.1 Å². The van der Waals surface area contributed by atoms with E-state index >= 15 is 0 Å². The molecular formula is C30H42N4O5. The van der Waals surface area contributed by atoms with Crippen LogP contribution in [0.4, 0.5) is 0 Å². The predicted octanol–water partition coefficient (Wildman–Crippen LogP) is 2.57. The smallest absolute Gasteiger partial charge is 0.246 e. The van der Waals surface area contributed by atoms with Crippen LogP contribution in [0.5, 0.6) is 11.5 Å². The van der Waals surface area contributed by atoms with Gasteiger partial charge in [0, 0.05) is 39.5 Å². The molecule has 0 spiro atoms. The lowest BCUT2D eigenvalue weighted by Crippen LogP contribution is -2.55. The van der Waals surface area contributed by atoms with E-state index < -0.39 is 17.6 Å². The third kappa shape index (κ3) is 9.44. The van der Waals surface area contributed by atoms with Crippen molar-refractivity contribution in [2.45, 2.75) is 50.7 Å². The van der Waals surface area contributed by atoms with Crippen molar-refractivity contribution < 1.29 is 23.9 Å². The molecule has 2 atom stereocenters. The van der Waals surface area contributed by atoms with Crippen molar-refractivity contribution >= 4 is 17.7 Å². The first kappa shape index (κ1) is 31.4. The monoisotopic (exact) mass is 538 g/mol. The molecule has 0 saturated heterocycles. The van der Waals surface area contributed by atoms with Crippen LogP contribution in [0.1, 0.15) is 31.4 Å². The molecule has 39 heavy (non-hydrogen) atoms. The second-order valence-corrected chi connectivity index (χ2v) is 10.2. The highest BCUT2D eigenvalue weighted by Gasteiger charge is 2.34. The topological polar surface area (TPSA) is 114 Å². The number of rotatable bonds is 13. The summed E-state index contributed by atoms with van der Waals surface area (Å²) in [5.41, 5.74) is 7.29. The van der Waals surface area contributed by atoms with Crippen LogP contribution in [0, 0.1) is 0 Å². The fourth-order valence-electron chi connectivity index (χ4n) is 4.06. The van der Waals surface area contributed by atoms with Gasteiger partial charge in [-0.05, 0) is 61.7 Å². The van der Waals surface area contributed by atoms with E-state index in [9.17, 15) is 14.4 Å². The van der Waals surface area contributed by atoms with Crippen LogP contribution in [-0.4, -0.2) is 80.5 Å². The van der Waals surface area contributed by atoms with Crippen molar-refractivity contribution in [2.75, 3.05) is 35.4 Å². The van der Waals surface area contributed by atoms with E-state index in [1.54, 1.807) is 34.4 Å². The molecule has 0 heterocycles. The predicted molar refractivity (Wildman–Crippen MR) is 153 cm³/mol. The highest BCUT2D eigenvalue weighted by atomic mass is 16.5. The Bertz CT molecular complexity index is 1120. The normalized spacial score (nSPS) is 12.9. The molecular weight excluding hydrogens is 496 g/mol. The summed E-state index contributed by atoms with van der Waals surface area (Å²) in [6.45, 7) is 3.75. The molecule has 0 aliphatic carbocycles. The number of amides is 3. The van der Waals surface area contributed by atoms with E-state index in [0.29, 0.717) is 24.3 Å². The Morgan fingerprint density at radius 3 is 1.74 bits per heavy atom. The number of benzene rings is 2. The second kappa shape index (κ2) is 14.3. The summed E-state index contributed by atoms with van der Waals surface area (Å²) in [4.78, 5) is 42.8. The molecule has 2 rings (SSSR count). The van der Waals surface area contributed by atoms with Gasteiger partial charge in [-0.1, -0.05) is 30.3 Å². The summed E-state index contributed by atoms with van der Waals surface area (Å²) in [5.74, 6) is 0.409. The van der Waals surface area contributed by atoms with Gasteiger partial charge in [0.1, 0.15) is 23.6 Å². The quantitative estimate of drug-likeness (QED) is 0.379. The zero-order chi connectivity index (χ0) is 29.2. The molecule has 0 aromatic heterocycles. The van der Waals surface area contributed by atoms with Gasteiger partial charge in [0.15, 0.2) is 0 Å². The van der Waals surface area contributed by atoms with E-state index in [4.69, 9.17) is 15.2 Å². The van der Waals surface area contributed by atoms with Crippen LogP contribution in [0.15, 0.2) is 60.7 Å². The summed E-state index contributed by atoms with van der Waals surface area (Å²) in [7, 11) is 7.90. The largest absolute Gasteiger partial charge is 0.497 e. The summed E-state index contributed by atoms with van der Waals surface area (Å²) < 4.78 is 10.5. The summed E-state index contributed by atoms with van der Waals surface area (Å²) in [6, 6.07) is 13.0. The lowest BCUT2D eigenvalue weighted by atomic mass is 9.99. The van der Waals surface area contributed by atoms with Gasteiger partial charge in [-0.25, -0.2) is 0 Å². The number of carbonyl (C=O) groups excluding carboxylic acids is 3. The van der Waals surface area contributed by atoms with Crippen LogP contribution in [0.2, 0.25) is 0 Å². The van der Waals surface area contributed by atoms with Crippen molar-refractivity contribution in [3.63, 3.8) is 0 Å². The maximum absolute atomic E-state index is 14.0. The number of hydrogen-bond acceptors (Lipinski definition) is 6. The maximum atomic E-state index is 14.0. The van der Waals surface area contributed by atoms with Gasteiger partial charge in [-0.3, -0.25) is 14.4 Å². The summed E-state index contributed by atoms with van der Waals surface area (Å²) in [5, 5.41) is 2.66. The van der Waals surface area contributed by atoms with E-state index in [1.807, 2.05) is 62.4 Å². The van der Waals surface area contributed by atoms with Crippen molar-refractivity contribution in [3.8, 4) is 11.5 Å². The molecule has 0 fully saturated rings. The van der Waals surface area contributed by atoms with Crippen molar-refractivity contribution in [3.05, 3.63) is 71.8 Å². The highest BCUT2D eigenvalue weighted by molar-refractivity contribution is 5.95. The van der Waals surface area contributed by atoms with E-state index in [2.05, 4.69) is 5.32 Å². The van der Waals surface area contributed by atoms with E-state index in [1.165, 1.54) is 22.9 Å². The number of hydrogen-bond donors (Lipinski definition) is 2. The first-order valence-electron chi connectivity index (χ1n) is 12.9. The molecule has 9 heteroatoms. The molecule has 2 aromatic rings. The molecule has 9 nitrogen and oxygen atoms in total.